The van der Waals surface area contributed by atoms with Crippen LogP contribution in [0.5, 0.6) is 0 Å². The number of rotatable bonds is 4. The minimum atomic E-state index is 0.165. The fraction of sp³-hybridized carbons (Fsp3) is 0.571. The van der Waals surface area contributed by atoms with Crippen molar-refractivity contribution in [3.8, 4) is 0 Å². The van der Waals surface area contributed by atoms with Crippen LogP contribution in [0.4, 0.5) is 5.82 Å². The molecule has 102 valence electrons. The summed E-state index contributed by atoms with van der Waals surface area (Å²) in [5, 5.41) is 3.51. The smallest absolute Gasteiger partial charge is 0.241 e. The van der Waals surface area contributed by atoms with Gasteiger partial charge in [0.2, 0.25) is 5.91 Å². The topological polar surface area (TPSA) is 48.5 Å². The highest BCUT2D eigenvalue weighted by Gasteiger charge is 2.25. The Hall–Kier alpha value is -1.62. The molecule has 1 aromatic heterocycles. The second-order valence-corrected chi connectivity index (χ2v) is 5.38. The Bertz CT molecular complexity index is 472. The van der Waals surface area contributed by atoms with Crippen LogP contribution >= 0.6 is 0 Å². The lowest BCUT2D eigenvalue weighted by Crippen LogP contribution is -2.49. The van der Waals surface area contributed by atoms with Gasteiger partial charge in [-0.15, -0.1) is 0 Å². The van der Waals surface area contributed by atoms with Crippen LogP contribution in [0.2, 0.25) is 0 Å². The second-order valence-electron chi connectivity index (χ2n) is 5.38. The summed E-state index contributed by atoms with van der Waals surface area (Å²) < 4.78 is 0. The Morgan fingerprint density at radius 2 is 2.26 bits per heavy atom. The van der Waals surface area contributed by atoms with Gasteiger partial charge in [-0.2, -0.15) is 0 Å². The number of likely N-dealkylation sites (N-methyl/N-ethyl adjacent to an activating group) is 1. The summed E-state index contributed by atoms with van der Waals surface area (Å²) in [5.41, 5.74) is 1.19. The molecule has 19 heavy (non-hydrogen) atoms. The largest absolute Gasteiger partial charge is 0.345 e. The molecule has 2 aliphatic rings. The summed E-state index contributed by atoms with van der Waals surface area (Å²) in [4.78, 5) is 20.2. The minimum Gasteiger partial charge on any atom is -0.345 e. The van der Waals surface area contributed by atoms with Crippen molar-refractivity contribution in [3.63, 3.8) is 0 Å². The van der Waals surface area contributed by atoms with Gasteiger partial charge >= 0.3 is 0 Å². The SMILES string of the molecule is CN1CCN(c2ncccc2CNC2CC2)CC1=O. The molecule has 0 unspecified atom stereocenters. The number of carbonyl (C=O) groups excluding carboxylic acids is 1. The van der Waals surface area contributed by atoms with Crippen molar-refractivity contribution >= 4 is 11.7 Å². The van der Waals surface area contributed by atoms with Gasteiger partial charge in [-0.1, -0.05) is 6.07 Å². The van der Waals surface area contributed by atoms with Crippen LogP contribution in [0.15, 0.2) is 18.3 Å². The van der Waals surface area contributed by atoms with E-state index in [4.69, 9.17) is 0 Å². The molecule has 1 amide bonds. The summed E-state index contributed by atoms with van der Waals surface area (Å²) in [6, 6.07) is 4.74. The van der Waals surface area contributed by atoms with E-state index in [1.807, 2.05) is 13.1 Å². The average Bonchev–Trinajstić information content (AvgIpc) is 3.24. The molecule has 1 aromatic rings. The van der Waals surface area contributed by atoms with E-state index in [1.54, 1.807) is 11.1 Å². The number of amides is 1. The van der Waals surface area contributed by atoms with Crippen LogP contribution in [-0.2, 0) is 11.3 Å². The van der Waals surface area contributed by atoms with Gasteiger partial charge in [0.15, 0.2) is 0 Å². The lowest BCUT2D eigenvalue weighted by atomic mass is 10.2. The molecule has 1 saturated carbocycles. The normalized spacial score (nSPS) is 19.9. The van der Waals surface area contributed by atoms with Crippen LogP contribution in [0.25, 0.3) is 0 Å². The number of hydrogen-bond acceptors (Lipinski definition) is 4. The first kappa shape index (κ1) is 12.4. The third-order valence-electron chi connectivity index (χ3n) is 3.78. The molecule has 0 spiro atoms. The van der Waals surface area contributed by atoms with Gasteiger partial charge in [0.05, 0.1) is 6.54 Å². The van der Waals surface area contributed by atoms with Crippen molar-refractivity contribution in [1.82, 2.24) is 15.2 Å². The Balaban J connectivity index is 1.73. The molecule has 0 bridgehead atoms. The van der Waals surface area contributed by atoms with E-state index in [9.17, 15) is 4.79 Å². The molecule has 2 heterocycles. The van der Waals surface area contributed by atoms with Crippen LogP contribution in [-0.4, -0.2) is 48.5 Å². The van der Waals surface area contributed by atoms with E-state index < -0.39 is 0 Å². The maximum absolute atomic E-state index is 11.8. The first-order valence-electron chi connectivity index (χ1n) is 6.90. The van der Waals surface area contributed by atoms with Crippen molar-refractivity contribution in [2.75, 3.05) is 31.6 Å². The van der Waals surface area contributed by atoms with Crippen molar-refractivity contribution in [3.05, 3.63) is 23.9 Å². The predicted molar refractivity (Wildman–Crippen MR) is 73.9 cm³/mol. The van der Waals surface area contributed by atoms with Crippen molar-refractivity contribution in [2.45, 2.75) is 25.4 Å². The number of carbonyl (C=O) groups is 1. The molecule has 5 heteroatoms. The minimum absolute atomic E-state index is 0.165. The summed E-state index contributed by atoms with van der Waals surface area (Å²) in [6.45, 7) is 2.90. The molecule has 3 rings (SSSR count). The molecule has 0 aromatic carbocycles. The Kier molecular flexibility index (Phi) is 3.38. The highest BCUT2D eigenvalue weighted by Crippen LogP contribution is 2.22. The van der Waals surface area contributed by atoms with E-state index >= 15 is 0 Å². The first-order valence-corrected chi connectivity index (χ1v) is 6.90. The zero-order valence-corrected chi connectivity index (χ0v) is 11.3. The number of aromatic nitrogens is 1. The lowest BCUT2D eigenvalue weighted by molar-refractivity contribution is -0.129. The molecule has 0 radical (unpaired) electrons. The molecular weight excluding hydrogens is 240 g/mol. The maximum Gasteiger partial charge on any atom is 0.241 e. The van der Waals surface area contributed by atoms with Crippen molar-refractivity contribution in [2.24, 2.45) is 0 Å². The summed E-state index contributed by atoms with van der Waals surface area (Å²) in [5.74, 6) is 1.12. The molecule has 1 saturated heterocycles. The number of anilines is 1. The number of nitrogens with zero attached hydrogens (tertiary/aromatic N) is 3. The van der Waals surface area contributed by atoms with E-state index in [-0.39, 0.29) is 5.91 Å². The van der Waals surface area contributed by atoms with Gasteiger partial charge in [-0.3, -0.25) is 4.79 Å². The zero-order chi connectivity index (χ0) is 13.2. The molecular formula is C14H20N4O. The fourth-order valence-electron chi connectivity index (χ4n) is 2.33. The third kappa shape index (κ3) is 2.87. The van der Waals surface area contributed by atoms with Gasteiger partial charge in [0, 0.05) is 44.5 Å². The average molecular weight is 260 g/mol. The highest BCUT2D eigenvalue weighted by atomic mass is 16.2. The molecule has 2 fully saturated rings. The van der Waals surface area contributed by atoms with E-state index in [0.717, 1.165) is 25.5 Å². The lowest BCUT2D eigenvalue weighted by Gasteiger charge is -2.33. The maximum atomic E-state index is 11.8. The Morgan fingerprint density at radius 3 is 3.00 bits per heavy atom. The molecule has 0 atom stereocenters. The van der Waals surface area contributed by atoms with Crippen molar-refractivity contribution < 1.29 is 4.79 Å². The van der Waals surface area contributed by atoms with Crippen LogP contribution in [0, 0.1) is 0 Å². The van der Waals surface area contributed by atoms with E-state index in [1.165, 1.54) is 18.4 Å². The van der Waals surface area contributed by atoms with Gasteiger partial charge in [-0.25, -0.2) is 4.98 Å². The first-order chi connectivity index (χ1) is 9.24. The van der Waals surface area contributed by atoms with Crippen LogP contribution in [0.1, 0.15) is 18.4 Å². The number of pyridine rings is 1. The standard InChI is InChI=1S/C14H20N4O/c1-17-7-8-18(10-13(17)19)14-11(3-2-6-15-14)9-16-12-4-5-12/h2-3,6,12,16H,4-5,7-10H2,1H3. The van der Waals surface area contributed by atoms with Gasteiger partial charge in [0.25, 0.3) is 0 Å². The highest BCUT2D eigenvalue weighted by molar-refractivity contribution is 5.82. The van der Waals surface area contributed by atoms with Gasteiger partial charge < -0.3 is 15.1 Å². The van der Waals surface area contributed by atoms with Crippen molar-refractivity contribution in [1.29, 1.82) is 0 Å². The fourth-order valence-corrected chi connectivity index (χ4v) is 2.33. The summed E-state index contributed by atoms with van der Waals surface area (Å²) in [6.07, 6.45) is 4.37. The van der Waals surface area contributed by atoms with Crippen LogP contribution in [0.3, 0.4) is 0 Å². The Labute approximate surface area is 113 Å². The van der Waals surface area contributed by atoms with E-state index in [0.29, 0.717) is 12.6 Å². The number of nitrogens with one attached hydrogen (secondary N) is 1. The third-order valence-corrected chi connectivity index (χ3v) is 3.78. The predicted octanol–water partition coefficient (Wildman–Crippen LogP) is 0.612. The number of hydrogen-bond donors (Lipinski definition) is 1. The second kappa shape index (κ2) is 5.17. The summed E-state index contributed by atoms with van der Waals surface area (Å²) in [7, 11) is 1.85. The van der Waals surface area contributed by atoms with Gasteiger partial charge in [-0.05, 0) is 18.9 Å². The molecule has 5 nitrogen and oxygen atoms in total. The summed E-state index contributed by atoms with van der Waals surface area (Å²) >= 11 is 0. The molecule has 1 aliphatic heterocycles. The number of piperazine rings is 1. The quantitative estimate of drug-likeness (QED) is 0.862. The monoisotopic (exact) mass is 260 g/mol. The van der Waals surface area contributed by atoms with E-state index in [2.05, 4.69) is 21.3 Å². The molecule has 1 N–H and O–H groups in total. The van der Waals surface area contributed by atoms with Crippen LogP contribution < -0.4 is 10.2 Å². The zero-order valence-electron chi connectivity index (χ0n) is 11.3. The molecule has 1 aliphatic carbocycles. The Morgan fingerprint density at radius 1 is 1.42 bits per heavy atom. The van der Waals surface area contributed by atoms with Gasteiger partial charge in [0.1, 0.15) is 5.82 Å².